The van der Waals surface area contributed by atoms with Crippen molar-refractivity contribution in [3.8, 4) is 0 Å². The van der Waals surface area contributed by atoms with E-state index in [0.717, 1.165) is 5.56 Å². The first kappa shape index (κ1) is 19.8. The molecule has 0 saturated heterocycles. The molecular weight excluding hydrogens is 330 g/mol. The Bertz CT molecular complexity index is 726. The Hall–Kier alpha value is -2.56. The van der Waals surface area contributed by atoms with Gasteiger partial charge in [-0.15, -0.1) is 0 Å². The minimum Gasteiger partial charge on any atom is -0.469 e. The second-order valence-electron chi connectivity index (χ2n) is 7.52. The summed E-state index contributed by atoms with van der Waals surface area (Å²) in [6, 6.07) is 11.2. The van der Waals surface area contributed by atoms with Crippen molar-refractivity contribution in [2.75, 3.05) is 13.7 Å². The first-order valence-corrected chi connectivity index (χ1v) is 8.72. The summed E-state index contributed by atoms with van der Waals surface area (Å²) in [5, 5.41) is 0. The van der Waals surface area contributed by atoms with Crippen LogP contribution in [-0.4, -0.2) is 30.4 Å². The average Bonchev–Trinajstić information content (AvgIpc) is 3.12. The molecule has 0 aliphatic carbocycles. The lowest BCUT2D eigenvalue weighted by atomic mass is 9.86. The molecule has 2 rings (SSSR count). The quantitative estimate of drug-likeness (QED) is 0.733. The molecule has 0 aliphatic heterocycles. The number of hydrogen-bond donors (Lipinski definition) is 0. The molecule has 0 bridgehead atoms. The van der Waals surface area contributed by atoms with Gasteiger partial charge < -0.3 is 14.1 Å². The molecule has 1 unspecified atom stereocenters. The van der Waals surface area contributed by atoms with Crippen LogP contribution in [-0.2, 0) is 21.5 Å². The molecule has 0 aliphatic rings. The lowest BCUT2D eigenvalue weighted by molar-refractivity contribution is -0.145. The van der Waals surface area contributed by atoms with E-state index in [-0.39, 0.29) is 23.8 Å². The molecule has 0 fully saturated rings. The highest BCUT2D eigenvalue weighted by molar-refractivity contribution is 5.94. The van der Waals surface area contributed by atoms with E-state index < -0.39 is 5.92 Å². The van der Waals surface area contributed by atoms with Gasteiger partial charge in [0.25, 0.3) is 5.91 Å². The van der Waals surface area contributed by atoms with E-state index in [9.17, 15) is 9.59 Å². The van der Waals surface area contributed by atoms with Crippen LogP contribution in [0.5, 0.6) is 0 Å². The second-order valence-corrected chi connectivity index (χ2v) is 7.52. The van der Waals surface area contributed by atoms with Crippen LogP contribution in [0.2, 0.25) is 0 Å². The minimum absolute atomic E-state index is 0.0227. The highest BCUT2D eigenvalue weighted by Crippen LogP contribution is 2.23. The summed E-state index contributed by atoms with van der Waals surface area (Å²) < 4.78 is 10.2. The molecule has 0 N–H and O–H groups in total. The normalized spacial score (nSPS) is 12.5. The van der Waals surface area contributed by atoms with Crippen molar-refractivity contribution in [3.63, 3.8) is 0 Å². The number of nitrogens with zero attached hydrogens (tertiary/aromatic N) is 1. The highest BCUT2D eigenvalue weighted by Gasteiger charge is 2.24. The maximum atomic E-state index is 13.0. The Balaban J connectivity index is 2.22. The molecule has 1 heterocycles. The molecule has 5 nitrogen and oxygen atoms in total. The number of rotatable bonds is 6. The van der Waals surface area contributed by atoms with Crippen LogP contribution in [0.3, 0.4) is 0 Å². The van der Waals surface area contributed by atoms with Crippen LogP contribution in [0.15, 0.2) is 47.1 Å². The average molecular weight is 357 g/mol. The van der Waals surface area contributed by atoms with Crippen molar-refractivity contribution in [1.82, 2.24) is 4.90 Å². The van der Waals surface area contributed by atoms with E-state index in [1.807, 2.05) is 30.3 Å². The van der Waals surface area contributed by atoms with E-state index in [4.69, 9.17) is 9.15 Å². The van der Waals surface area contributed by atoms with Crippen LogP contribution < -0.4 is 0 Å². The summed E-state index contributed by atoms with van der Waals surface area (Å²) in [7, 11) is 1.35. The number of ether oxygens (including phenoxy) is 1. The molecule has 1 amide bonds. The maximum Gasteiger partial charge on any atom is 0.310 e. The van der Waals surface area contributed by atoms with Crippen LogP contribution in [0.4, 0.5) is 0 Å². The largest absolute Gasteiger partial charge is 0.469 e. The Kier molecular flexibility index (Phi) is 6.24. The van der Waals surface area contributed by atoms with Gasteiger partial charge in [-0.2, -0.15) is 0 Å². The first-order chi connectivity index (χ1) is 12.2. The zero-order valence-corrected chi connectivity index (χ0v) is 16.1. The zero-order valence-electron chi connectivity index (χ0n) is 16.1. The van der Waals surface area contributed by atoms with Crippen LogP contribution in [0, 0.1) is 5.92 Å². The van der Waals surface area contributed by atoms with Gasteiger partial charge in [0.15, 0.2) is 0 Å². The third kappa shape index (κ3) is 4.97. The van der Waals surface area contributed by atoms with E-state index in [1.54, 1.807) is 24.2 Å². The van der Waals surface area contributed by atoms with E-state index in [2.05, 4.69) is 20.8 Å². The van der Waals surface area contributed by atoms with Crippen molar-refractivity contribution in [2.24, 2.45) is 5.92 Å². The molecular formula is C21H27NO4. The van der Waals surface area contributed by atoms with Gasteiger partial charge in [-0.25, -0.2) is 0 Å². The summed E-state index contributed by atoms with van der Waals surface area (Å²) in [6.07, 6.45) is 1.57. The van der Waals surface area contributed by atoms with E-state index >= 15 is 0 Å². The zero-order chi connectivity index (χ0) is 19.3. The predicted molar refractivity (Wildman–Crippen MR) is 99.8 cm³/mol. The van der Waals surface area contributed by atoms with Crippen molar-refractivity contribution in [1.29, 1.82) is 0 Å². The fourth-order valence-electron chi connectivity index (χ4n) is 2.71. The minimum atomic E-state index is -0.423. The summed E-state index contributed by atoms with van der Waals surface area (Å²) in [4.78, 5) is 26.4. The monoisotopic (exact) mass is 357 g/mol. The number of hydrogen-bond acceptors (Lipinski definition) is 4. The van der Waals surface area contributed by atoms with Crippen molar-refractivity contribution >= 4 is 11.9 Å². The van der Waals surface area contributed by atoms with Gasteiger partial charge in [0.1, 0.15) is 5.76 Å². The molecule has 0 spiro atoms. The Morgan fingerprint density at radius 3 is 2.31 bits per heavy atom. The Morgan fingerprint density at radius 2 is 1.81 bits per heavy atom. The van der Waals surface area contributed by atoms with E-state index in [0.29, 0.717) is 17.9 Å². The standard InChI is InChI=1S/C21H27NO4/c1-15(20(24)25-5)13-22(14-18-7-6-12-26-18)19(23)16-8-10-17(11-9-16)21(2,3)4/h6-12,15H,13-14H2,1-5H3. The number of carbonyl (C=O) groups is 2. The fraction of sp³-hybridized carbons (Fsp3) is 0.429. The van der Waals surface area contributed by atoms with Gasteiger partial charge >= 0.3 is 5.97 Å². The van der Waals surface area contributed by atoms with E-state index in [1.165, 1.54) is 7.11 Å². The lowest BCUT2D eigenvalue weighted by Gasteiger charge is -2.25. The molecule has 5 heteroatoms. The first-order valence-electron chi connectivity index (χ1n) is 8.72. The number of furan rings is 1. The third-order valence-corrected chi connectivity index (χ3v) is 4.31. The van der Waals surface area contributed by atoms with Gasteiger partial charge in [0, 0.05) is 12.1 Å². The molecule has 2 aromatic rings. The van der Waals surface area contributed by atoms with Gasteiger partial charge in [-0.3, -0.25) is 9.59 Å². The molecule has 1 aromatic heterocycles. The molecule has 0 radical (unpaired) electrons. The van der Waals surface area contributed by atoms with Crippen LogP contribution in [0.1, 0.15) is 49.4 Å². The van der Waals surface area contributed by atoms with Crippen molar-refractivity contribution in [3.05, 3.63) is 59.5 Å². The van der Waals surface area contributed by atoms with Crippen LogP contribution in [0.25, 0.3) is 0 Å². The Morgan fingerprint density at radius 1 is 1.15 bits per heavy atom. The van der Waals surface area contributed by atoms with Gasteiger partial charge in [0.05, 0.1) is 25.8 Å². The Labute approximate surface area is 154 Å². The number of esters is 1. The predicted octanol–water partition coefficient (Wildman–Crippen LogP) is 4.03. The van der Waals surface area contributed by atoms with Crippen molar-refractivity contribution < 1.29 is 18.7 Å². The van der Waals surface area contributed by atoms with Gasteiger partial charge in [-0.1, -0.05) is 39.8 Å². The smallest absolute Gasteiger partial charge is 0.310 e. The summed E-state index contributed by atoms with van der Waals surface area (Å²) in [6.45, 7) is 8.69. The lowest BCUT2D eigenvalue weighted by Crippen LogP contribution is -2.36. The summed E-state index contributed by atoms with van der Waals surface area (Å²) in [5.41, 5.74) is 1.77. The fourth-order valence-corrected chi connectivity index (χ4v) is 2.71. The maximum absolute atomic E-state index is 13.0. The second kappa shape index (κ2) is 8.21. The molecule has 140 valence electrons. The van der Waals surface area contributed by atoms with Crippen molar-refractivity contribution in [2.45, 2.75) is 39.7 Å². The van der Waals surface area contributed by atoms with Gasteiger partial charge in [0.2, 0.25) is 0 Å². The third-order valence-electron chi connectivity index (χ3n) is 4.31. The number of methoxy groups -OCH3 is 1. The van der Waals surface area contributed by atoms with Gasteiger partial charge in [-0.05, 0) is 35.2 Å². The van der Waals surface area contributed by atoms with Crippen LogP contribution >= 0.6 is 0 Å². The number of benzene rings is 1. The topological polar surface area (TPSA) is 59.8 Å². The molecule has 26 heavy (non-hydrogen) atoms. The molecule has 1 aromatic carbocycles. The summed E-state index contributed by atoms with van der Waals surface area (Å²) >= 11 is 0. The summed E-state index contributed by atoms with van der Waals surface area (Å²) in [5.74, 6) is -0.238. The molecule has 1 atom stereocenters. The highest BCUT2D eigenvalue weighted by atomic mass is 16.5. The number of carbonyl (C=O) groups excluding carboxylic acids is 2. The number of amides is 1. The molecule has 0 saturated carbocycles. The SMILES string of the molecule is COC(=O)C(C)CN(Cc1ccco1)C(=O)c1ccc(C(C)(C)C)cc1.